The molecule has 0 fully saturated rings. The standard InChI is InChI=1S/C13H17S.3C4H9.Sn/c1-3-4-5-6-11-14-13-9-7-12(2)8-10-13;3*1-3-4-2;/h6-10H,3-5H2,1-2H3;3*1,3-4H2,2H3;. The van der Waals surface area contributed by atoms with Gasteiger partial charge in [0, 0.05) is 0 Å². The molecule has 1 rings (SSSR count). The third-order valence-corrected chi connectivity index (χ3v) is 25.1. The second kappa shape index (κ2) is 15.0. The Kier molecular flexibility index (Phi) is 14.0. The Morgan fingerprint density at radius 1 is 0.778 bits per heavy atom. The SMILES string of the molecule is CCCC/C=[C](\Sc1ccc(C)cc1)[Sn]([CH2]CCC)([CH2]CCC)[CH2]CCC. The van der Waals surface area contributed by atoms with Crippen molar-refractivity contribution in [3.8, 4) is 0 Å². The van der Waals surface area contributed by atoms with E-state index < -0.39 is 18.4 Å². The van der Waals surface area contributed by atoms with Crippen LogP contribution in [0.15, 0.2) is 38.2 Å². The van der Waals surface area contributed by atoms with Gasteiger partial charge in [0.1, 0.15) is 0 Å². The molecule has 0 saturated carbocycles. The first-order chi connectivity index (χ1) is 13.1. The van der Waals surface area contributed by atoms with E-state index in [0.717, 1.165) is 0 Å². The molecule has 1 aromatic carbocycles. The topological polar surface area (TPSA) is 0 Å². The molecule has 0 N–H and O–H groups in total. The first-order valence-corrected chi connectivity index (χ1v) is 19.9. The van der Waals surface area contributed by atoms with E-state index in [1.54, 1.807) is 13.3 Å². The van der Waals surface area contributed by atoms with Gasteiger partial charge in [-0.15, -0.1) is 0 Å². The molecule has 0 aliphatic heterocycles. The van der Waals surface area contributed by atoms with Crippen LogP contribution >= 0.6 is 11.8 Å². The molecule has 154 valence electrons. The van der Waals surface area contributed by atoms with Crippen LogP contribution in [0.3, 0.4) is 0 Å². The van der Waals surface area contributed by atoms with Crippen LogP contribution in [-0.4, -0.2) is 18.4 Å². The van der Waals surface area contributed by atoms with Crippen molar-refractivity contribution in [2.24, 2.45) is 0 Å². The number of hydrogen-bond donors (Lipinski definition) is 0. The van der Waals surface area contributed by atoms with Crippen molar-refractivity contribution in [1.29, 1.82) is 0 Å². The maximum absolute atomic E-state index is 2.71. The van der Waals surface area contributed by atoms with E-state index in [1.165, 1.54) is 68.2 Å². The molecule has 27 heavy (non-hydrogen) atoms. The van der Waals surface area contributed by atoms with E-state index in [2.05, 4.69) is 76.7 Å². The van der Waals surface area contributed by atoms with Gasteiger partial charge in [-0.3, -0.25) is 0 Å². The summed E-state index contributed by atoms with van der Waals surface area (Å²) in [6.07, 6.45) is 15.1. The minimum atomic E-state index is -2.33. The molecular weight excluding hydrogens is 451 g/mol. The maximum atomic E-state index is 2.71. The minimum absolute atomic E-state index is 1.29. The molecule has 0 saturated heterocycles. The normalized spacial score (nSPS) is 12.6. The molecule has 0 spiro atoms. The van der Waals surface area contributed by atoms with Crippen molar-refractivity contribution in [3.05, 3.63) is 38.8 Å². The van der Waals surface area contributed by atoms with Crippen molar-refractivity contribution >= 4 is 30.1 Å². The first-order valence-electron chi connectivity index (χ1n) is 11.6. The number of aryl methyl sites for hydroxylation is 1. The molecular formula is C25H44SSn. The average molecular weight is 495 g/mol. The quantitative estimate of drug-likeness (QED) is 0.133. The molecule has 0 aliphatic rings. The van der Waals surface area contributed by atoms with E-state index in [4.69, 9.17) is 0 Å². The van der Waals surface area contributed by atoms with E-state index in [9.17, 15) is 0 Å². The molecule has 1 aromatic rings. The number of benzene rings is 1. The van der Waals surface area contributed by atoms with Gasteiger partial charge in [-0.25, -0.2) is 0 Å². The predicted octanol–water partition coefficient (Wildman–Crippen LogP) is 9.55. The van der Waals surface area contributed by atoms with Gasteiger partial charge < -0.3 is 0 Å². The molecule has 0 aliphatic carbocycles. The van der Waals surface area contributed by atoms with Crippen molar-refractivity contribution in [2.75, 3.05) is 0 Å². The fourth-order valence-corrected chi connectivity index (χ4v) is 24.4. The van der Waals surface area contributed by atoms with Gasteiger partial charge in [0.25, 0.3) is 0 Å². The summed E-state index contributed by atoms with van der Waals surface area (Å²) >= 11 is -0.173. The average Bonchev–Trinajstić information content (AvgIpc) is 2.69. The molecule has 0 aromatic heterocycles. The van der Waals surface area contributed by atoms with Crippen LogP contribution in [-0.2, 0) is 0 Å². The van der Waals surface area contributed by atoms with Crippen molar-refractivity contribution < 1.29 is 0 Å². The zero-order valence-electron chi connectivity index (χ0n) is 18.8. The Morgan fingerprint density at radius 3 is 1.70 bits per heavy atom. The van der Waals surface area contributed by atoms with Crippen molar-refractivity contribution in [3.63, 3.8) is 0 Å². The Labute approximate surface area is 178 Å². The van der Waals surface area contributed by atoms with Gasteiger partial charge in [0.2, 0.25) is 0 Å². The van der Waals surface area contributed by atoms with Gasteiger partial charge in [-0.1, -0.05) is 0 Å². The zero-order valence-corrected chi connectivity index (χ0v) is 22.5. The Hall–Kier alpha value is 0.109. The van der Waals surface area contributed by atoms with Crippen LogP contribution in [0.2, 0.25) is 13.3 Å². The summed E-state index contributed by atoms with van der Waals surface area (Å²) in [4.78, 5) is 1.47. The molecule has 0 radical (unpaired) electrons. The number of unbranched alkanes of at least 4 members (excludes halogenated alkanes) is 5. The molecule has 0 nitrogen and oxygen atoms in total. The monoisotopic (exact) mass is 496 g/mol. The van der Waals surface area contributed by atoms with Gasteiger partial charge in [-0.2, -0.15) is 0 Å². The predicted molar refractivity (Wildman–Crippen MR) is 130 cm³/mol. The number of thioether (sulfide) groups is 1. The first kappa shape index (κ1) is 25.1. The van der Waals surface area contributed by atoms with E-state index >= 15 is 0 Å². The van der Waals surface area contributed by atoms with Crippen LogP contribution in [0.5, 0.6) is 0 Å². The number of allylic oxidation sites excluding steroid dienone is 1. The molecule has 0 atom stereocenters. The Morgan fingerprint density at radius 2 is 1.26 bits per heavy atom. The fraction of sp³-hybridized carbons (Fsp3) is 0.680. The van der Waals surface area contributed by atoms with Crippen LogP contribution in [0.1, 0.15) is 91.0 Å². The number of hydrogen-bond acceptors (Lipinski definition) is 1. The number of rotatable bonds is 15. The zero-order chi connectivity index (χ0) is 20.0. The summed E-state index contributed by atoms with van der Waals surface area (Å²) in [5.41, 5.74) is 1.37. The molecule has 0 unspecified atom stereocenters. The Bertz CT molecular complexity index is 496. The summed E-state index contributed by atoms with van der Waals surface area (Å²) in [6, 6.07) is 9.27. The van der Waals surface area contributed by atoms with Gasteiger partial charge in [0.05, 0.1) is 0 Å². The molecule has 0 heterocycles. The van der Waals surface area contributed by atoms with E-state index in [1.807, 2.05) is 2.92 Å². The van der Waals surface area contributed by atoms with E-state index in [0.29, 0.717) is 0 Å². The summed E-state index contributed by atoms with van der Waals surface area (Å²) in [6.45, 7) is 11.7. The van der Waals surface area contributed by atoms with Crippen molar-refractivity contribution in [2.45, 2.75) is 111 Å². The van der Waals surface area contributed by atoms with Gasteiger partial charge in [-0.05, 0) is 0 Å². The molecule has 0 bridgehead atoms. The summed E-state index contributed by atoms with van der Waals surface area (Å²) in [5, 5.41) is 0. The second-order valence-corrected chi connectivity index (χ2v) is 23.5. The van der Waals surface area contributed by atoms with Crippen molar-refractivity contribution in [1.82, 2.24) is 0 Å². The fourth-order valence-electron chi connectivity index (χ4n) is 3.83. The second-order valence-electron chi connectivity index (χ2n) is 8.22. The van der Waals surface area contributed by atoms with Gasteiger partial charge >= 0.3 is 180 Å². The van der Waals surface area contributed by atoms with Gasteiger partial charge in [0.15, 0.2) is 0 Å². The van der Waals surface area contributed by atoms with Crippen LogP contribution in [0, 0.1) is 6.92 Å². The van der Waals surface area contributed by atoms with Crippen LogP contribution in [0.25, 0.3) is 0 Å². The third-order valence-electron chi connectivity index (χ3n) is 5.69. The molecule has 0 amide bonds. The summed E-state index contributed by atoms with van der Waals surface area (Å²) < 4.78 is 6.60. The summed E-state index contributed by atoms with van der Waals surface area (Å²) in [7, 11) is 0. The van der Waals surface area contributed by atoms with E-state index in [-0.39, 0.29) is 0 Å². The van der Waals surface area contributed by atoms with Crippen LogP contribution in [0.4, 0.5) is 0 Å². The third kappa shape index (κ3) is 9.43. The molecule has 2 heteroatoms. The summed E-state index contributed by atoms with van der Waals surface area (Å²) in [5.74, 6) is 0. The van der Waals surface area contributed by atoms with Crippen LogP contribution < -0.4 is 0 Å². The Balaban J connectivity index is 3.21.